The second kappa shape index (κ2) is 8.18. The molecular formula is C9H13N5NaO6P. The minimum atomic E-state index is -3.73. The Morgan fingerprint density at radius 3 is 2.86 bits per heavy atom. The summed E-state index contributed by atoms with van der Waals surface area (Å²) in [6.07, 6.45) is 0.848. The monoisotopic (exact) mass is 341 g/mol. The van der Waals surface area contributed by atoms with E-state index in [1.807, 2.05) is 0 Å². The van der Waals surface area contributed by atoms with Gasteiger partial charge in [0.05, 0.1) is 6.33 Å². The molecule has 116 valence electrons. The fourth-order valence-electron chi connectivity index (χ4n) is 1.43. The van der Waals surface area contributed by atoms with Gasteiger partial charge in [0.15, 0.2) is 12.0 Å². The maximum absolute atomic E-state index is 11.5. The number of nitrogen functional groups attached to an aromatic ring is 1. The summed E-state index contributed by atoms with van der Waals surface area (Å²) < 4.78 is 26.8. The molecule has 2 aromatic rings. The van der Waals surface area contributed by atoms with Crippen molar-refractivity contribution in [3.8, 4) is 5.88 Å². The minimum absolute atomic E-state index is 0. The second-order valence-corrected chi connectivity index (χ2v) is 5.78. The molecule has 0 bridgehead atoms. The predicted octanol–water partition coefficient (Wildman–Crippen LogP) is -3.78. The molecule has 2 rings (SSSR count). The summed E-state index contributed by atoms with van der Waals surface area (Å²) in [5.74, 6) is -0.736. The molecule has 1 atom stereocenters. The van der Waals surface area contributed by atoms with E-state index in [9.17, 15) is 9.67 Å². The van der Waals surface area contributed by atoms with Crippen LogP contribution in [0.4, 0.5) is 5.95 Å². The molecule has 0 radical (unpaired) electrons. The first-order valence-corrected chi connectivity index (χ1v) is 7.37. The number of ether oxygens (including phenoxy) is 2. The molecule has 22 heavy (non-hydrogen) atoms. The van der Waals surface area contributed by atoms with Crippen LogP contribution in [0.25, 0.3) is 11.2 Å². The van der Waals surface area contributed by atoms with Gasteiger partial charge in [-0.1, -0.05) is 0 Å². The molecule has 0 spiro atoms. The van der Waals surface area contributed by atoms with Crippen LogP contribution in [0.2, 0.25) is 0 Å². The van der Waals surface area contributed by atoms with Crippen LogP contribution in [-0.4, -0.2) is 44.7 Å². The van der Waals surface area contributed by atoms with Gasteiger partial charge in [-0.3, -0.25) is 9.13 Å². The van der Waals surface area contributed by atoms with E-state index in [4.69, 9.17) is 20.1 Å². The molecule has 0 aromatic carbocycles. The summed E-state index contributed by atoms with van der Waals surface area (Å²) in [6, 6.07) is 0. The van der Waals surface area contributed by atoms with Crippen LogP contribution in [0.5, 0.6) is 5.88 Å². The van der Waals surface area contributed by atoms with Gasteiger partial charge in [-0.05, 0) is 0 Å². The maximum Gasteiger partial charge on any atom is 1.00 e. The fraction of sp³-hybridized carbons (Fsp3) is 0.444. The molecular weight excluding hydrogens is 328 g/mol. The minimum Gasteiger partial charge on any atom is -0.857 e. The van der Waals surface area contributed by atoms with Crippen molar-refractivity contribution in [3.63, 3.8) is 0 Å². The van der Waals surface area contributed by atoms with Crippen molar-refractivity contribution < 1.29 is 58.1 Å². The van der Waals surface area contributed by atoms with Crippen molar-refractivity contribution in [2.45, 2.75) is 6.73 Å². The quantitative estimate of drug-likeness (QED) is 0.221. The van der Waals surface area contributed by atoms with Gasteiger partial charge in [0.1, 0.15) is 19.0 Å². The van der Waals surface area contributed by atoms with E-state index in [0.717, 1.165) is 7.11 Å². The average Bonchev–Trinajstić information content (AvgIpc) is 2.82. The standard InChI is InChI=1S/C9H14N5O6P.Na/c1-18-21(16,17)5-20-4-19-3-14-2-11-6-7(14)12-9(10)13-8(6)15;/h2H,3-5H2,1H3,(H,16,17)(H3,10,12,13,15);/q;+1/p-1. The smallest absolute Gasteiger partial charge is 0.857 e. The summed E-state index contributed by atoms with van der Waals surface area (Å²) in [6.45, 7) is -0.284. The maximum atomic E-state index is 11.5. The van der Waals surface area contributed by atoms with Crippen LogP contribution in [0, 0.1) is 0 Å². The topological polar surface area (TPSA) is 158 Å². The molecule has 2 aromatic heterocycles. The zero-order chi connectivity index (χ0) is 15.5. The van der Waals surface area contributed by atoms with Crippen molar-refractivity contribution in [2.75, 3.05) is 26.0 Å². The summed E-state index contributed by atoms with van der Waals surface area (Å²) in [5, 5.41) is 11.5. The summed E-state index contributed by atoms with van der Waals surface area (Å²) in [7, 11) is -2.62. The van der Waals surface area contributed by atoms with Crippen molar-refractivity contribution in [3.05, 3.63) is 6.33 Å². The van der Waals surface area contributed by atoms with E-state index in [1.54, 1.807) is 0 Å². The van der Waals surface area contributed by atoms with Crippen LogP contribution in [0.3, 0.4) is 0 Å². The average molecular weight is 341 g/mol. The third-order valence-electron chi connectivity index (χ3n) is 2.39. The Kier molecular flexibility index (Phi) is 7.16. The van der Waals surface area contributed by atoms with Crippen molar-refractivity contribution >= 4 is 24.7 Å². The Morgan fingerprint density at radius 2 is 2.18 bits per heavy atom. The molecule has 13 heteroatoms. The number of hydrogen-bond acceptors (Lipinski definition) is 9. The van der Waals surface area contributed by atoms with Gasteiger partial charge in [-0.2, -0.15) is 4.98 Å². The second-order valence-electron chi connectivity index (χ2n) is 3.88. The number of hydrogen-bond donors (Lipinski definition) is 2. The van der Waals surface area contributed by atoms with Crippen molar-refractivity contribution in [1.82, 2.24) is 19.5 Å². The SMILES string of the molecule is COP(=O)(O)COCOCn1cnc2c([O-])nc(N)nc21.[Na+]. The first-order chi connectivity index (χ1) is 9.93. The van der Waals surface area contributed by atoms with Gasteiger partial charge in [0, 0.05) is 13.0 Å². The Morgan fingerprint density at radius 1 is 1.45 bits per heavy atom. The molecule has 11 nitrogen and oxygen atoms in total. The van der Waals surface area contributed by atoms with Gasteiger partial charge in [-0.25, -0.2) is 9.97 Å². The fourth-order valence-corrected chi connectivity index (χ4v) is 1.84. The molecule has 0 amide bonds. The number of nitrogens with zero attached hydrogens (tertiary/aromatic N) is 4. The number of rotatable bonds is 7. The number of fused-ring (bicyclic) bond motifs is 1. The molecule has 0 aliphatic heterocycles. The van der Waals surface area contributed by atoms with E-state index >= 15 is 0 Å². The summed E-state index contributed by atoms with van der Waals surface area (Å²) in [4.78, 5) is 20.3. The molecule has 0 aliphatic rings. The van der Waals surface area contributed by atoms with Gasteiger partial charge < -0.3 is 29.7 Å². The largest absolute Gasteiger partial charge is 1.00 e. The Hall–Kier alpha value is -0.780. The normalized spacial score (nSPS) is 13.7. The number of imidazole rings is 1. The molecule has 0 aliphatic carbocycles. The zero-order valence-electron chi connectivity index (χ0n) is 12.0. The van der Waals surface area contributed by atoms with Crippen LogP contribution in [0.15, 0.2) is 6.33 Å². The van der Waals surface area contributed by atoms with Crippen molar-refractivity contribution in [2.24, 2.45) is 0 Å². The molecule has 2 heterocycles. The molecule has 1 unspecified atom stereocenters. The summed E-state index contributed by atoms with van der Waals surface area (Å²) in [5.41, 5.74) is 5.70. The van der Waals surface area contributed by atoms with Crippen molar-refractivity contribution in [1.29, 1.82) is 0 Å². The number of nitrogens with two attached hydrogens (primary N) is 1. The van der Waals surface area contributed by atoms with Crippen LogP contribution < -0.4 is 40.4 Å². The third kappa shape index (κ3) is 4.86. The molecule has 0 saturated heterocycles. The molecule has 0 saturated carbocycles. The van der Waals surface area contributed by atoms with E-state index < -0.39 is 19.8 Å². The molecule has 3 N–H and O–H groups in total. The summed E-state index contributed by atoms with van der Waals surface area (Å²) >= 11 is 0. The van der Waals surface area contributed by atoms with E-state index in [1.165, 1.54) is 10.9 Å². The predicted molar refractivity (Wildman–Crippen MR) is 67.9 cm³/mol. The first-order valence-electron chi connectivity index (χ1n) is 5.61. The van der Waals surface area contributed by atoms with Gasteiger partial charge in [-0.15, -0.1) is 0 Å². The Balaban J connectivity index is 0.00000242. The Labute approximate surface area is 147 Å². The van der Waals surface area contributed by atoms with E-state index in [0.29, 0.717) is 0 Å². The van der Waals surface area contributed by atoms with E-state index in [-0.39, 0.29) is 60.2 Å². The van der Waals surface area contributed by atoms with Gasteiger partial charge >= 0.3 is 37.2 Å². The number of aromatic nitrogens is 4. The van der Waals surface area contributed by atoms with Gasteiger partial charge in [0.2, 0.25) is 5.95 Å². The number of anilines is 1. The Bertz CT molecular complexity index is 682. The van der Waals surface area contributed by atoms with Crippen LogP contribution >= 0.6 is 7.60 Å². The van der Waals surface area contributed by atoms with Crippen LogP contribution in [0.1, 0.15) is 0 Å². The van der Waals surface area contributed by atoms with Crippen LogP contribution in [-0.2, 0) is 25.3 Å². The van der Waals surface area contributed by atoms with Gasteiger partial charge in [0.25, 0.3) is 0 Å². The third-order valence-corrected chi connectivity index (χ3v) is 3.47. The first kappa shape index (κ1) is 19.3. The van der Waals surface area contributed by atoms with E-state index in [2.05, 4.69) is 19.5 Å². The zero-order valence-corrected chi connectivity index (χ0v) is 14.9. The molecule has 0 fully saturated rings.